The average Bonchev–Trinajstić information content (AvgIpc) is 3.96. The Morgan fingerprint density at radius 1 is 0.221 bits per heavy atom. The molecule has 0 amide bonds. The average molecular weight is 869 g/mol. The van der Waals surface area contributed by atoms with Gasteiger partial charge in [-0.2, -0.15) is 0 Å². The maximum absolute atomic E-state index is 13.2. The Bertz CT molecular complexity index is 4120. The van der Waals surface area contributed by atoms with Crippen molar-refractivity contribution in [2.24, 2.45) is 0 Å². The predicted octanol–water partition coefficient (Wildman–Crippen LogP) is 16.2. The number of hydrogen-bond donors (Lipinski definition) is 0. The molecule has 0 aliphatic heterocycles. The highest BCUT2D eigenvalue weighted by atomic mass is 16.1. The van der Waals surface area contributed by atoms with Crippen LogP contribution in [0.2, 0.25) is 0 Å². The highest BCUT2D eigenvalue weighted by Crippen LogP contribution is 2.47. The second kappa shape index (κ2) is 15.1. The van der Waals surface area contributed by atoms with Crippen LogP contribution >= 0.6 is 0 Å². The Kier molecular flexibility index (Phi) is 8.80. The van der Waals surface area contributed by atoms with E-state index in [-0.39, 0.29) is 17.3 Å². The molecule has 3 heteroatoms. The summed E-state index contributed by atoms with van der Waals surface area (Å²) in [6, 6.07) is 70.2. The highest BCUT2D eigenvalue weighted by molar-refractivity contribution is 6.31. The molecule has 0 heterocycles. The summed E-state index contributed by atoms with van der Waals surface area (Å²) < 4.78 is 0. The third-order valence-corrected chi connectivity index (χ3v) is 14.5. The molecule has 0 fully saturated rings. The van der Waals surface area contributed by atoms with E-state index in [4.69, 9.17) is 0 Å². The molecule has 0 unspecified atom stereocenters. The molecule has 3 aliphatic carbocycles. The molecule has 0 saturated carbocycles. The third-order valence-electron chi connectivity index (χ3n) is 14.5. The van der Waals surface area contributed by atoms with Crippen molar-refractivity contribution in [2.75, 3.05) is 0 Å². The lowest BCUT2D eigenvalue weighted by atomic mass is 9.94. The number of aryl methyl sites for hydroxylation is 2. The van der Waals surface area contributed by atoms with Crippen LogP contribution in [0.25, 0.3) is 98.0 Å². The van der Waals surface area contributed by atoms with Crippen LogP contribution in [0.1, 0.15) is 58.9 Å². The molecule has 3 nitrogen and oxygen atoms in total. The number of hydrogen-bond acceptors (Lipinski definition) is 3. The van der Waals surface area contributed by atoms with Crippen molar-refractivity contribution in [1.29, 1.82) is 0 Å². The van der Waals surface area contributed by atoms with Gasteiger partial charge < -0.3 is 0 Å². The molecule has 0 N–H and O–H groups in total. The van der Waals surface area contributed by atoms with Crippen LogP contribution in [0.4, 0.5) is 0 Å². The number of rotatable bonds is 0. The van der Waals surface area contributed by atoms with E-state index >= 15 is 0 Å². The summed E-state index contributed by atoms with van der Waals surface area (Å²) >= 11 is 0. The lowest BCUT2D eigenvalue weighted by molar-refractivity contribution is 0.103. The highest BCUT2D eigenvalue weighted by Gasteiger charge is 2.33. The fourth-order valence-corrected chi connectivity index (χ4v) is 11.3. The van der Waals surface area contributed by atoms with Gasteiger partial charge in [0, 0.05) is 38.9 Å². The smallest absolute Gasteiger partial charge is 0.194 e. The summed E-state index contributed by atoms with van der Waals surface area (Å²) in [5.74, 6) is 0.464. The van der Waals surface area contributed by atoms with Gasteiger partial charge in [0.05, 0.1) is 0 Å². The van der Waals surface area contributed by atoms with E-state index in [1.165, 1.54) is 32.3 Å². The Labute approximate surface area is 392 Å². The Morgan fingerprint density at radius 3 is 1.06 bits per heavy atom. The summed E-state index contributed by atoms with van der Waals surface area (Å²) in [6.45, 7) is 4.14. The van der Waals surface area contributed by atoms with E-state index in [1.807, 2.05) is 91.0 Å². The summed E-state index contributed by atoms with van der Waals surface area (Å²) in [6.07, 6.45) is 0. The van der Waals surface area contributed by atoms with Crippen molar-refractivity contribution >= 4 is 82.0 Å². The van der Waals surface area contributed by atoms with Crippen LogP contribution in [-0.4, -0.2) is 17.3 Å². The van der Waals surface area contributed by atoms with Crippen molar-refractivity contribution in [3.8, 4) is 33.4 Å². The second-order valence-electron chi connectivity index (χ2n) is 18.2. The molecular formula is C65H40O3. The van der Waals surface area contributed by atoms with E-state index < -0.39 is 0 Å². The number of ketones is 3. The van der Waals surface area contributed by atoms with Crippen LogP contribution in [0.5, 0.6) is 0 Å². The van der Waals surface area contributed by atoms with Crippen LogP contribution in [0, 0.1) is 13.8 Å². The van der Waals surface area contributed by atoms with Crippen molar-refractivity contribution in [3.63, 3.8) is 0 Å². The van der Waals surface area contributed by atoms with E-state index in [1.54, 1.807) is 0 Å². The molecule has 3 aliphatic rings. The van der Waals surface area contributed by atoms with Crippen LogP contribution < -0.4 is 0 Å². The third kappa shape index (κ3) is 5.82. The van der Waals surface area contributed by atoms with Crippen molar-refractivity contribution in [1.82, 2.24) is 0 Å². The first-order valence-corrected chi connectivity index (χ1v) is 23.1. The largest absolute Gasteiger partial charge is 0.289 e. The van der Waals surface area contributed by atoms with Gasteiger partial charge in [0.1, 0.15) is 0 Å². The Hall–Kier alpha value is -8.79. The van der Waals surface area contributed by atoms with Crippen molar-refractivity contribution in [2.45, 2.75) is 13.8 Å². The molecule has 12 aromatic rings. The summed E-state index contributed by atoms with van der Waals surface area (Å²) in [5, 5.41) is 13.7. The summed E-state index contributed by atoms with van der Waals surface area (Å²) in [7, 11) is 0. The maximum Gasteiger partial charge on any atom is 0.194 e. The van der Waals surface area contributed by atoms with E-state index in [0.717, 1.165) is 110 Å². The number of fused-ring (bicyclic) bond motifs is 18. The van der Waals surface area contributed by atoms with Crippen LogP contribution in [0.3, 0.4) is 0 Å². The molecule has 318 valence electrons. The van der Waals surface area contributed by atoms with Crippen LogP contribution in [0.15, 0.2) is 206 Å². The first-order valence-electron chi connectivity index (χ1n) is 23.1. The van der Waals surface area contributed by atoms with Gasteiger partial charge in [0.2, 0.25) is 0 Å². The van der Waals surface area contributed by atoms with Crippen molar-refractivity contribution < 1.29 is 14.4 Å². The minimum Gasteiger partial charge on any atom is -0.289 e. The van der Waals surface area contributed by atoms with Gasteiger partial charge in [-0.3, -0.25) is 14.4 Å². The zero-order chi connectivity index (χ0) is 45.8. The zero-order valence-corrected chi connectivity index (χ0v) is 37.4. The Morgan fingerprint density at radius 2 is 0.559 bits per heavy atom. The standard InChI is InChI=1S/C23H16O.2C21H12O/c1-13-17-9-5-3-7-15(17)11-19-20-12-16-8-4-6-10-18(16)14(2)22(20)23(24)21(13)19;22-21-18-12-10-13-5-1-3-7-15(13)19(18)17-11-9-14-6-2-4-8-16(14)20(17)21;22-21-19-12-15-7-2-1-6-14(15)11-18(19)17-10-9-13-5-3-4-8-16(13)20(17)21/h3-12H,1-2H3;2*1-12H. The first kappa shape index (κ1) is 39.6. The van der Waals surface area contributed by atoms with Gasteiger partial charge in [-0.25, -0.2) is 0 Å². The molecule has 0 aromatic heterocycles. The minimum atomic E-state index is 0.146. The SMILES string of the molecule is Cc1c2c(cc3ccccc13)-c1cc3ccccc3c(C)c1C2=O.O=C1c2cc3ccccc3cc2-c2ccc3ccccc3c21.O=C1c2ccc3ccccc3c2-c2ccc3ccccc3c21. The fourth-order valence-electron chi connectivity index (χ4n) is 11.3. The van der Waals surface area contributed by atoms with E-state index in [9.17, 15) is 14.4 Å². The molecule has 12 aromatic carbocycles. The quantitative estimate of drug-likeness (QED) is 0.153. The van der Waals surface area contributed by atoms with Gasteiger partial charge in [-0.15, -0.1) is 0 Å². The fraction of sp³-hybridized carbons (Fsp3) is 0.0308. The number of benzene rings is 12. The molecule has 0 saturated heterocycles. The van der Waals surface area contributed by atoms with Crippen molar-refractivity contribution in [3.05, 3.63) is 251 Å². The second-order valence-corrected chi connectivity index (χ2v) is 18.2. The lowest BCUT2D eigenvalue weighted by Gasteiger charge is -2.09. The van der Waals surface area contributed by atoms with Gasteiger partial charge in [-0.05, 0) is 148 Å². The normalized spacial score (nSPS) is 12.6. The van der Waals surface area contributed by atoms with Gasteiger partial charge in [0.15, 0.2) is 17.3 Å². The van der Waals surface area contributed by atoms with Gasteiger partial charge in [-0.1, -0.05) is 176 Å². The molecule has 0 bridgehead atoms. The van der Waals surface area contributed by atoms with Crippen LogP contribution in [-0.2, 0) is 0 Å². The zero-order valence-electron chi connectivity index (χ0n) is 37.4. The Balaban J connectivity index is 0.000000101. The molecule has 15 rings (SSSR count). The number of carbonyl (C=O) groups excluding carboxylic acids is 3. The van der Waals surface area contributed by atoms with E-state index in [0.29, 0.717) is 0 Å². The van der Waals surface area contributed by atoms with Gasteiger partial charge in [0.25, 0.3) is 0 Å². The maximum atomic E-state index is 13.2. The predicted molar refractivity (Wildman–Crippen MR) is 280 cm³/mol. The lowest BCUT2D eigenvalue weighted by Crippen LogP contribution is -2.01. The van der Waals surface area contributed by atoms with E-state index in [2.05, 4.69) is 129 Å². The topological polar surface area (TPSA) is 51.2 Å². The molecule has 0 atom stereocenters. The first-order chi connectivity index (χ1) is 33.3. The molecular weight excluding hydrogens is 829 g/mol. The van der Waals surface area contributed by atoms with Gasteiger partial charge >= 0.3 is 0 Å². The summed E-state index contributed by atoms with van der Waals surface area (Å²) in [4.78, 5) is 39.1. The summed E-state index contributed by atoms with van der Waals surface area (Å²) in [5.41, 5.74) is 13.7. The molecule has 68 heavy (non-hydrogen) atoms. The number of carbonyl (C=O) groups is 3. The minimum absolute atomic E-state index is 0.146. The molecule has 0 radical (unpaired) electrons. The monoisotopic (exact) mass is 868 g/mol. The molecule has 0 spiro atoms.